The minimum atomic E-state index is -4.64. The Hall–Kier alpha value is -3.30. The second kappa shape index (κ2) is 9.76. The average molecular weight is 412 g/mol. The first-order chi connectivity index (χ1) is 13.7. The van der Waals surface area contributed by atoms with Crippen LogP contribution in [0, 0.1) is 0 Å². The zero-order valence-corrected chi connectivity index (χ0v) is 15.7. The third-order valence-electron chi connectivity index (χ3n) is 3.51. The molecule has 0 saturated carbocycles. The van der Waals surface area contributed by atoms with Gasteiger partial charge in [0.15, 0.2) is 0 Å². The zero-order chi connectivity index (χ0) is 21.4. The van der Waals surface area contributed by atoms with Gasteiger partial charge in [-0.25, -0.2) is 4.79 Å². The molecule has 2 rings (SSSR count). The van der Waals surface area contributed by atoms with Gasteiger partial charge in [0.1, 0.15) is 12.0 Å². The molecule has 0 radical (unpaired) electrons. The first-order valence-electron chi connectivity index (χ1n) is 8.64. The Kier molecular flexibility index (Phi) is 7.40. The number of aromatic nitrogens is 2. The van der Waals surface area contributed by atoms with Crippen LogP contribution < -0.4 is 4.74 Å². The van der Waals surface area contributed by atoms with E-state index in [1.54, 1.807) is 19.1 Å². The molecule has 0 N–H and O–H groups in total. The van der Waals surface area contributed by atoms with Gasteiger partial charge in [-0.3, -0.25) is 9.48 Å². The number of hydrogen-bond donors (Lipinski definition) is 0. The highest BCUT2D eigenvalue weighted by Gasteiger charge is 2.36. The lowest BCUT2D eigenvalue weighted by Gasteiger charge is -2.12. The summed E-state index contributed by atoms with van der Waals surface area (Å²) in [6.07, 6.45) is -1.47. The van der Waals surface area contributed by atoms with Crippen LogP contribution >= 0.6 is 0 Å². The van der Waals surface area contributed by atoms with E-state index in [4.69, 9.17) is 4.74 Å². The molecular formula is C19H19F3N2O5. The zero-order valence-electron chi connectivity index (χ0n) is 15.7. The number of rotatable bonds is 9. The van der Waals surface area contributed by atoms with Crippen LogP contribution in [0.2, 0.25) is 0 Å². The van der Waals surface area contributed by atoms with Crippen molar-refractivity contribution in [2.75, 3.05) is 13.2 Å². The Balaban J connectivity index is 2.01. The van der Waals surface area contributed by atoms with Crippen LogP contribution in [0.25, 0.3) is 0 Å². The molecule has 0 aliphatic rings. The monoisotopic (exact) mass is 412 g/mol. The number of ketones is 1. The summed E-state index contributed by atoms with van der Waals surface area (Å²) in [6.45, 7) is 3.27. The van der Waals surface area contributed by atoms with E-state index in [0.717, 1.165) is 5.56 Å². The fourth-order valence-corrected chi connectivity index (χ4v) is 2.20. The highest BCUT2D eigenvalue weighted by atomic mass is 19.4. The highest BCUT2D eigenvalue weighted by Crippen LogP contribution is 2.27. The molecule has 0 saturated heterocycles. The summed E-state index contributed by atoms with van der Waals surface area (Å²) in [5.41, 5.74) is 0.851. The molecule has 0 atom stereocenters. The lowest BCUT2D eigenvalue weighted by molar-refractivity contribution is -0.137. The van der Waals surface area contributed by atoms with Crippen LogP contribution in [0.5, 0.6) is 5.75 Å². The Morgan fingerprint density at radius 2 is 1.76 bits per heavy atom. The van der Waals surface area contributed by atoms with E-state index < -0.39 is 23.7 Å². The molecule has 0 unspecified atom stereocenters. The molecule has 7 nitrogen and oxygen atoms in total. The van der Waals surface area contributed by atoms with E-state index >= 15 is 0 Å². The maximum atomic E-state index is 12.7. The van der Waals surface area contributed by atoms with Crippen LogP contribution in [0.1, 0.15) is 29.8 Å². The smallest absolute Gasteiger partial charge is 0.452 e. The number of carbonyl (C=O) groups is 2. The van der Waals surface area contributed by atoms with Crippen molar-refractivity contribution >= 4 is 11.8 Å². The number of halogens is 3. The predicted molar refractivity (Wildman–Crippen MR) is 95.1 cm³/mol. The third kappa shape index (κ3) is 6.37. The number of Topliss-reactive ketones (excluding diaryl/α,β-unsaturated/α-hetero) is 1. The molecule has 29 heavy (non-hydrogen) atoms. The van der Waals surface area contributed by atoms with Crippen molar-refractivity contribution in [1.82, 2.24) is 9.78 Å². The van der Waals surface area contributed by atoms with Crippen molar-refractivity contribution < 1.29 is 37.0 Å². The quantitative estimate of drug-likeness (QED) is 0.272. The van der Waals surface area contributed by atoms with Gasteiger partial charge in [-0.2, -0.15) is 18.3 Å². The Labute approximate surface area is 164 Å². The SMILES string of the molecule is CCOC(=O)C(=O)c1cnn(Cc2ccc(O/C=C(\OCC)C(F)(F)F)cc2)c1. The van der Waals surface area contributed by atoms with Crippen molar-refractivity contribution in [2.45, 2.75) is 26.6 Å². The molecular weight excluding hydrogens is 393 g/mol. The van der Waals surface area contributed by atoms with Crippen molar-refractivity contribution in [3.63, 3.8) is 0 Å². The number of nitrogens with zero attached hydrogens (tertiary/aromatic N) is 2. The summed E-state index contributed by atoms with van der Waals surface area (Å²) in [6, 6.07) is 6.23. The molecule has 156 valence electrons. The fraction of sp³-hybridized carbons (Fsp3) is 0.316. The third-order valence-corrected chi connectivity index (χ3v) is 3.51. The second-order valence-electron chi connectivity index (χ2n) is 5.65. The topological polar surface area (TPSA) is 79.7 Å². The molecule has 1 aromatic heterocycles. The number of hydrogen-bond acceptors (Lipinski definition) is 6. The van der Waals surface area contributed by atoms with Crippen molar-refractivity contribution in [3.8, 4) is 5.75 Å². The van der Waals surface area contributed by atoms with Crippen LogP contribution in [0.3, 0.4) is 0 Å². The van der Waals surface area contributed by atoms with Crippen LogP contribution in [-0.4, -0.2) is 40.9 Å². The Morgan fingerprint density at radius 1 is 1.10 bits per heavy atom. The van der Waals surface area contributed by atoms with Crippen LogP contribution in [0.4, 0.5) is 13.2 Å². The van der Waals surface area contributed by atoms with Gasteiger partial charge < -0.3 is 14.2 Å². The van der Waals surface area contributed by atoms with Crippen LogP contribution in [0.15, 0.2) is 48.7 Å². The number of alkyl halides is 3. The number of ether oxygens (including phenoxy) is 3. The van der Waals surface area contributed by atoms with E-state index in [9.17, 15) is 22.8 Å². The Bertz CT molecular complexity index is 873. The van der Waals surface area contributed by atoms with E-state index in [1.165, 1.54) is 36.1 Å². The van der Waals surface area contributed by atoms with E-state index in [0.29, 0.717) is 6.26 Å². The van der Waals surface area contributed by atoms with Gasteiger partial charge in [0.25, 0.3) is 5.78 Å². The number of carbonyl (C=O) groups excluding carboxylic acids is 2. The van der Waals surface area contributed by atoms with Gasteiger partial charge in [-0.05, 0) is 31.5 Å². The summed E-state index contributed by atoms with van der Waals surface area (Å²) in [5.74, 6) is -2.77. The number of allylic oxidation sites excluding steroid dienone is 1. The maximum Gasteiger partial charge on any atom is 0.452 e. The number of esters is 1. The van der Waals surface area contributed by atoms with Gasteiger partial charge >= 0.3 is 12.1 Å². The van der Waals surface area contributed by atoms with Gasteiger partial charge in [-0.1, -0.05) is 12.1 Å². The van der Waals surface area contributed by atoms with Crippen LogP contribution in [-0.2, 0) is 20.8 Å². The summed E-state index contributed by atoms with van der Waals surface area (Å²) in [7, 11) is 0. The molecule has 0 spiro atoms. The van der Waals surface area contributed by atoms with Gasteiger partial charge in [0, 0.05) is 6.20 Å². The minimum Gasteiger partial charge on any atom is -0.487 e. The normalized spacial score (nSPS) is 11.8. The average Bonchev–Trinajstić information content (AvgIpc) is 3.13. The molecule has 0 aliphatic carbocycles. The first kappa shape index (κ1) is 22.0. The maximum absolute atomic E-state index is 12.7. The summed E-state index contributed by atoms with van der Waals surface area (Å²) < 4.78 is 53.8. The largest absolute Gasteiger partial charge is 0.487 e. The molecule has 1 heterocycles. The molecule has 1 aromatic carbocycles. The molecule has 0 aliphatic heterocycles. The molecule has 0 bridgehead atoms. The molecule has 0 amide bonds. The lowest BCUT2D eigenvalue weighted by Crippen LogP contribution is -2.16. The molecule has 2 aromatic rings. The summed E-state index contributed by atoms with van der Waals surface area (Å²) in [5, 5.41) is 4.01. The van der Waals surface area contributed by atoms with Crippen molar-refractivity contribution in [2.24, 2.45) is 0 Å². The van der Waals surface area contributed by atoms with Gasteiger partial charge in [0.05, 0.1) is 31.5 Å². The first-order valence-corrected chi connectivity index (χ1v) is 8.64. The standard InChI is InChI=1S/C19H19F3N2O5/c1-3-27-16(19(20,21)22)12-29-15-7-5-13(6-8-15)10-24-11-14(9-23-24)17(25)18(26)28-4-2/h5-9,11-12H,3-4,10H2,1-2H3/b16-12-. The Morgan fingerprint density at radius 3 is 2.34 bits per heavy atom. The molecule has 0 fully saturated rings. The van der Waals surface area contributed by atoms with Gasteiger partial charge in [-0.15, -0.1) is 0 Å². The van der Waals surface area contributed by atoms with Crippen molar-refractivity contribution in [3.05, 3.63) is 59.8 Å². The number of benzene rings is 1. The lowest BCUT2D eigenvalue weighted by atomic mass is 10.2. The van der Waals surface area contributed by atoms with E-state index in [2.05, 4.69) is 14.6 Å². The van der Waals surface area contributed by atoms with E-state index in [-0.39, 0.29) is 31.1 Å². The molecule has 10 heteroatoms. The summed E-state index contributed by atoms with van der Waals surface area (Å²) >= 11 is 0. The van der Waals surface area contributed by atoms with Crippen molar-refractivity contribution in [1.29, 1.82) is 0 Å². The predicted octanol–water partition coefficient (Wildman–Crippen LogP) is 3.50. The highest BCUT2D eigenvalue weighted by molar-refractivity contribution is 6.40. The van der Waals surface area contributed by atoms with Gasteiger partial charge in [0.2, 0.25) is 5.76 Å². The van der Waals surface area contributed by atoms with E-state index in [1.807, 2.05) is 0 Å². The summed E-state index contributed by atoms with van der Waals surface area (Å²) in [4.78, 5) is 23.3. The minimum absolute atomic E-state index is 0.0946. The fourth-order valence-electron chi connectivity index (χ4n) is 2.20. The second-order valence-corrected chi connectivity index (χ2v) is 5.65.